The van der Waals surface area contributed by atoms with Crippen LogP contribution in [0.1, 0.15) is 34.7 Å². The molecule has 2 aromatic rings. The number of likely N-dealkylation sites (tertiary alicyclic amines) is 1. The Hall–Kier alpha value is -2.44. The number of carbonyl (C=O) groups excluding carboxylic acids is 1. The molecule has 0 atom stereocenters. The Labute approximate surface area is 128 Å². The van der Waals surface area contributed by atoms with Gasteiger partial charge in [-0.3, -0.25) is 4.79 Å². The van der Waals surface area contributed by atoms with Crippen LogP contribution < -0.4 is 5.32 Å². The molecule has 1 aliphatic heterocycles. The molecular weight excluding hydrogens is 282 g/mol. The molecule has 3 heterocycles. The predicted octanol–water partition coefficient (Wildman–Crippen LogP) is 1.80. The molecule has 0 bridgehead atoms. The predicted molar refractivity (Wildman–Crippen MR) is 80.6 cm³/mol. The number of carbonyl (C=O) groups is 1. The zero-order valence-corrected chi connectivity index (χ0v) is 12.7. The number of aryl methyl sites for hydroxylation is 2. The fraction of sp³-hybridized carbons (Fsp3) is 0.467. The first kappa shape index (κ1) is 14.5. The van der Waals surface area contributed by atoms with Crippen molar-refractivity contribution in [1.82, 2.24) is 20.0 Å². The van der Waals surface area contributed by atoms with E-state index in [1.807, 2.05) is 17.9 Å². The van der Waals surface area contributed by atoms with Gasteiger partial charge < -0.3 is 14.7 Å². The summed E-state index contributed by atoms with van der Waals surface area (Å²) < 4.78 is 4.96. The van der Waals surface area contributed by atoms with Crippen molar-refractivity contribution < 1.29 is 9.32 Å². The lowest BCUT2D eigenvalue weighted by atomic mass is 10.0. The summed E-state index contributed by atoms with van der Waals surface area (Å²) in [6.45, 7) is 5.12. The van der Waals surface area contributed by atoms with Gasteiger partial charge in [0.1, 0.15) is 23.5 Å². The lowest BCUT2D eigenvalue weighted by Gasteiger charge is -2.32. The first-order chi connectivity index (χ1) is 10.6. The van der Waals surface area contributed by atoms with Crippen LogP contribution in [-0.2, 0) is 0 Å². The quantitative estimate of drug-likeness (QED) is 0.930. The lowest BCUT2D eigenvalue weighted by Crippen LogP contribution is -2.42. The Kier molecular flexibility index (Phi) is 4.04. The maximum absolute atomic E-state index is 12.4. The molecule has 7 nitrogen and oxygen atoms in total. The number of hydrogen-bond acceptors (Lipinski definition) is 6. The topological polar surface area (TPSA) is 84.2 Å². The van der Waals surface area contributed by atoms with Crippen molar-refractivity contribution in [3.05, 3.63) is 35.6 Å². The van der Waals surface area contributed by atoms with E-state index in [-0.39, 0.29) is 5.91 Å². The minimum Gasteiger partial charge on any atom is -0.367 e. The number of aromatic nitrogens is 3. The maximum Gasteiger partial charge on any atom is 0.259 e. The molecule has 22 heavy (non-hydrogen) atoms. The van der Waals surface area contributed by atoms with E-state index in [2.05, 4.69) is 20.4 Å². The van der Waals surface area contributed by atoms with Crippen LogP contribution in [0, 0.1) is 13.8 Å². The summed E-state index contributed by atoms with van der Waals surface area (Å²) in [4.78, 5) is 22.5. The third-order valence-electron chi connectivity index (χ3n) is 3.92. The van der Waals surface area contributed by atoms with Gasteiger partial charge in [-0.15, -0.1) is 0 Å². The number of piperidine rings is 1. The zero-order chi connectivity index (χ0) is 15.5. The highest BCUT2D eigenvalue weighted by Gasteiger charge is 2.25. The standard InChI is InChI=1S/C15H19N5O2/c1-10-7-14(17-9-16-10)19-12-3-5-20(6-4-12)15(21)13-8-18-22-11(13)2/h7-9,12H,3-6H2,1-2H3,(H,16,17,19). The van der Waals surface area contributed by atoms with E-state index in [0.717, 1.165) is 24.4 Å². The lowest BCUT2D eigenvalue weighted by molar-refractivity contribution is 0.0716. The van der Waals surface area contributed by atoms with Crippen LogP contribution in [0.5, 0.6) is 0 Å². The maximum atomic E-state index is 12.4. The van der Waals surface area contributed by atoms with Gasteiger partial charge in [0.2, 0.25) is 0 Å². The molecule has 0 aliphatic carbocycles. The van der Waals surface area contributed by atoms with E-state index in [0.29, 0.717) is 30.5 Å². The van der Waals surface area contributed by atoms with E-state index >= 15 is 0 Å². The van der Waals surface area contributed by atoms with Crippen molar-refractivity contribution in [1.29, 1.82) is 0 Å². The Morgan fingerprint density at radius 2 is 2.09 bits per heavy atom. The number of anilines is 1. The van der Waals surface area contributed by atoms with Crippen molar-refractivity contribution in [2.75, 3.05) is 18.4 Å². The first-order valence-electron chi connectivity index (χ1n) is 7.39. The molecule has 1 aliphatic rings. The SMILES string of the molecule is Cc1cc(NC2CCN(C(=O)c3cnoc3C)CC2)ncn1. The minimum absolute atomic E-state index is 0.00456. The van der Waals surface area contributed by atoms with Gasteiger partial charge in [-0.2, -0.15) is 0 Å². The second-order valence-corrected chi connectivity index (χ2v) is 5.55. The summed E-state index contributed by atoms with van der Waals surface area (Å²) in [6, 6.07) is 2.25. The van der Waals surface area contributed by atoms with Crippen LogP contribution in [0.2, 0.25) is 0 Å². The van der Waals surface area contributed by atoms with Gasteiger partial charge in [0, 0.05) is 30.9 Å². The summed E-state index contributed by atoms with van der Waals surface area (Å²) in [7, 11) is 0. The molecule has 0 radical (unpaired) electrons. The van der Waals surface area contributed by atoms with Crippen LogP contribution in [0.25, 0.3) is 0 Å². The molecule has 0 aromatic carbocycles. The molecule has 7 heteroatoms. The highest BCUT2D eigenvalue weighted by Crippen LogP contribution is 2.18. The highest BCUT2D eigenvalue weighted by molar-refractivity contribution is 5.94. The van der Waals surface area contributed by atoms with E-state index in [1.165, 1.54) is 6.20 Å². The fourth-order valence-corrected chi connectivity index (χ4v) is 2.64. The Morgan fingerprint density at radius 3 is 2.73 bits per heavy atom. The van der Waals surface area contributed by atoms with Gasteiger partial charge >= 0.3 is 0 Å². The van der Waals surface area contributed by atoms with Gasteiger partial charge in [0.15, 0.2) is 0 Å². The highest BCUT2D eigenvalue weighted by atomic mass is 16.5. The average Bonchev–Trinajstić information content (AvgIpc) is 2.93. The van der Waals surface area contributed by atoms with Gasteiger partial charge in [-0.25, -0.2) is 9.97 Å². The normalized spacial score (nSPS) is 15.8. The molecule has 0 unspecified atom stereocenters. The number of rotatable bonds is 3. The van der Waals surface area contributed by atoms with Gasteiger partial charge in [-0.05, 0) is 26.7 Å². The minimum atomic E-state index is -0.00456. The molecule has 1 amide bonds. The number of amides is 1. The monoisotopic (exact) mass is 301 g/mol. The number of nitrogens with one attached hydrogen (secondary N) is 1. The number of hydrogen-bond donors (Lipinski definition) is 1. The van der Waals surface area contributed by atoms with Crippen molar-refractivity contribution in [2.24, 2.45) is 0 Å². The summed E-state index contributed by atoms with van der Waals surface area (Å²) in [6.07, 6.45) is 4.83. The summed E-state index contributed by atoms with van der Waals surface area (Å²) in [5.41, 5.74) is 1.49. The van der Waals surface area contributed by atoms with E-state index < -0.39 is 0 Å². The van der Waals surface area contributed by atoms with Crippen molar-refractivity contribution in [3.63, 3.8) is 0 Å². The van der Waals surface area contributed by atoms with Gasteiger partial charge in [0.25, 0.3) is 5.91 Å². The largest absolute Gasteiger partial charge is 0.367 e. The van der Waals surface area contributed by atoms with E-state index in [1.54, 1.807) is 13.3 Å². The molecule has 0 spiro atoms. The zero-order valence-electron chi connectivity index (χ0n) is 12.7. The van der Waals surface area contributed by atoms with Crippen LogP contribution in [0.15, 0.2) is 23.1 Å². The molecule has 1 N–H and O–H groups in total. The van der Waals surface area contributed by atoms with Gasteiger partial charge in [-0.1, -0.05) is 5.16 Å². The Morgan fingerprint density at radius 1 is 1.32 bits per heavy atom. The fourth-order valence-electron chi connectivity index (χ4n) is 2.64. The molecule has 2 aromatic heterocycles. The van der Waals surface area contributed by atoms with Crippen molar-refractivity contribution in [3.8, 4) is 0 Å². The van der Waals surface area contributed by atoms with Crippen LogP contribution in [0.4, 0.5) is 5.82 Å². The Balaban J connectivity index is 1.56. The van der Waals surface area contributed by atoms with Crippen molar-refractivity contribution >= 4 is 11.7 Å². The molecule has 1 saturated heterocycles. The molecule has 116 valence electrons. The van der Waals surface area contributed by atoms with E-state index in [4.69, 9.17) is 4.52 Å². The van der Waals surface area contributed by atoms with Gasteiger partial charge in [0.05, 0.1) is 6.20 Å². The van der Waals surface area contributed by atoms with E-state index in [9.17, 15) is 4.79 Å². The van der Waals surface area contributed by atoms with Crippen LogP contribution in [-0.4, -0.2) is 45.1 Å². The van der Waals surface area contributed by atoms with Crippen LogP contribution in [0.3, 0.4) is 0 Å². The second kappa shape index (κ2) is 6.13. The molecule has 1 fully saturated rings. The smallest absolute Gasteiger partial charge is 0.259 e. The summed E-state index contributed by atoms with van der Waals surface area (Å²) in [5, 5.41) is 7.07. The third-order valence-corrected chi connectivity index (χ3v) is 3.92. The second-order valence-electron chi connectivity index (χ2n) is 5.55. The molecular formula is C15H19N5O2. The van der Waals surface area contributed by atoms with Crippen LogP contribution >= 0.6 is 0 Å². The number of nitrogens with zero attached hydrogens (tertiary/aromatic N) is 4. The Bertz CT molecular complexity index is 661. The van der Waals surface area contributed by atoms with Crippen molar-refractivity contribution in [2.45, 2.75) is 32.7 Å². The summed E-state index contributed by atoms with van der Waals surface area (Å²) >= 11 is 0. The third kappa shape index (κ3) is 3.08. The molecule has 3 rings (SSSR count). The summed E-state index contributed by atoms with van der Waals surface area (Å²) in [5.74, 6) is 1.41. The molecule has 0 saturated carbocycles. The average molecular weight is 301 g/mol. The first-order valence-corrected chi connectivity index (χ1v) is 7.39.